The molecule has 0 atom stereocenters. The standard InChI is InChI=1S/C17H23N7O/c1-2-18-15-3-5-19-17(20-15)24-8-6-23(7-9-24)16-11-13-12-25-10-4-14(13)21-22-16/h3,5,11H,2,4,6-10,12H2,1H3,(H,18,19,20). The van der Waals surface area contributed by atoms with Crippen molar-refractivity contribution in [3.8, 4) is 0 Å². The van der Waals surface area contributed by atoms with Gasteiger partial charge >= 0.3 is 0 Å². The van der Waals surface area contributed by atoms with Crippen LogP contribution in [0, 0.1) is 0 Å². The van der Waals surface area contributed by atoms with Gasteiger partial charge in [-0.25, -0.2) is 4.98 Å². The van der Waals surface area contributed by atoms with Crippen LogP contribution in [0.4, 0.5) is 17.6 Å². The Morgan fingerprint density at radius 3 is 2.84 bits per heavy atom. The van der Waals surface area contributed by atoms with E-state index in [4.69, 9.17) is 4.74 Å². The van der Waals surface area contributed by atoms with E-state index in [-0.39, 0.29) is 0 Å². The van der Waals surface area contributed by atoms with Gasteiger partial charge in [0.2, 0.25) is 5.95 Å². The first-order valence-electron chi connectivity index (χ1n) is 8.83. The molecule has 0 saturated carbocycles. The van der Waals surface area contributed by atoms with Crippen LogP contribution in [0.25, 0.3) is 0 Å². The number of nitrogens with one attached hydrogen (secondary N) is 1. The van der Waals surface area contributed by atoms with Gasteiger partial charge in [0, 0.05) is 50.9 Å². The number of anilines is 3. The second kappa shape index (κ2) is 7.18. The van der Waals surface area contributed by atoms with Gasteiger partial charge in [-0.15, -0.1) is 5.10 Å². The van der Waals surface area contributed by atoms with Gasteiger partial charge in [0.05, 0.1) is 18.9 Å². The van der Waals surface area contributed by atoms with Crippen molar-refractivity contribution in [1.29, 1.82) is 0 Å². The molecule has 8 nitrogen and oxygen atoms in total. The van der Waals surface area contributed by atoms with Crippen LogP contribution in [0.2, 0.25) is 0 Å². The summed E-state index contributed by atoms with van der Waals surface area (Å²) < 4.78 is 5.53. The van der Waals surface area contributed by atoms with Crippen LogP contribution in [-0.4, -0.2) is 59.5 Å². The zero-order valence-electron chi connectivity index (χ0n) is 14.5. The van der Waals surface area contributed by atoms with E-state index < -0.39 is 0 Å². The molecule has 0 spiro atoms. The Bertz CT molecular complexity index is 731. The lowest BCUT2D eigenvalue weighted by Crippen LogP contribution is -2.47. The Hall–Kier alpha value is -2.48. The van der Waals surface area contributed by atoms with Crippen LogP contribution in [0.1, 0.15) is 18.2 Å². The van der Waals surface area contributed by atoms with E-state index in [1.165, 1.54) is 5.56 Å². The van der Waals surface area contributed by atoms with E-state index in [2.05, 4.69) is 48.3 Å². The molecule has 2 aromatic heterocycles. The third-order valence-electron chi connectivity index (χ3n) is 4.58. The normalized spacial score (nSPS) is 17.3. The molecule has 132 valence electrons. The summed E-state index contributed by atoms with van der Waals surface area (Å²) in [5.74, 6) is 2.59. The Morgan fingerprint density at radius 2 is 2.00 bits per heavy atom. The molecule has 1 saturated heterocycles. The number of piperazine rings is 1. The number of ether oxygens (including phenoxy) is 1. The summed E-state index contributed by atoms with van der Waals surface area (Å²) in [7, 11) is 0. The molecule has 1 fully saturated rings. The molecule has 1 N–H and O–H groups in total. The van der Waals surface area contributed by atoms with Crippen molar-refractivity contribution in [2.75, 3.05) is 54.4 Å². The predicted molar refractivity (Wildman–Crippen MR) is 96.0 cm³/mol. The minimum atomic E-state index is 0.642. The summed E-state index contributed by atoms with van der Waals surface area (Å²) in [6, 6.07) is 4.02. The molecule has 0 unspecified atom stereocenters. The minimum absolute atomic E-state index is 0.642. The van der Waals surface area contributed by atoms with Crippen LogP contribution in [0.15, 0.2) is 18.3 Å². The summed E-state index contributed by atoms with van der Waals surface area (Å²) in [6.07, 6.45) is 2.66. The Balaban J connectivity index is 1.42. The van der Waals surface area contributed by atoms with E-state index >= 15 is 0 Å². The zero-order chi connectivity index (χ0) is 17.1. The summed E-state index contributed by atoms with van der Waals surface area (Å²) in [5, 5.41) is 12.0. The van der Waals surface area contributed by atoms with E-state index in [0.29, 0.717) is 6.61 Å². The highest BCUT2D eigenvalue weighted by molar-refractivity contribution is 5.46. The molecule has 25 heavy (non-hydrogen) atoms. The number of hydrogen-bond acceptors (Lipinski definition) is 8. The number of fused-ring (bicyclic) bond motifs is 1. The lowest BCUT2D eigenvalue weighted by atomic mass is 10.1. The van der Waals surface area contributed by atoms with Crippen LogP contribution in [0.3, 0.4) is 0 Å². The van der Waals surface area contributed by atoms with Crippen LogP contribution >= 0.6 is 0 Å². The predicted octanol–water partition coefficient (Wildman–Crippen LogP) is 1.10. The highest BCUT2D eigenvalue weighted by Gasteiger charge is 2.22. The first kappa shape index (κ1) is 16.0. The van der Waals surface area contributed by atoms with E-state index in [1.807, 2.05) is 12.3 Å². The molecular formula is C17H23N7O. The van der Waals surface area contributed by atoms with Gasteiger partial charge in [0.25, 0.3) is 0 Å². The largest absolute Gasteiger partial charge is 0.376 e. The van der Waals surface area contributed by atoms with E-state index in [0.717, 1.165) is 69.0 Å². The fourth-order valence-corrected chi connectivity index (χ4v) is 3.20. The number of rotatable bonds is 4. The molecule has 4 heterocycles. The van der Waals surface area contributed by atoms with Crippen molar-refractivity contribution in [3.63, 3.8) is 0 Å². The van der Waals surface area contributed by atoms with Gasteiger partial charge < -0.3 is 19.9 Å². The SMILES string of the molecule is CCNc1ccnc(N2CCN(c3cc4c(nn3)CCOC4)CC2)n1. The van der Waals surface area contributed by atoms with Crippen molar-refractivity contribution >= 4 is 17.6 Å². The molecule has 2 aromatic rings. The van der Waals surface area contributed by atoms with Gasteiger partial charge in [-0.3, -0.25) is 0 Å². The molecule has 2 aliphatic rings. The van der Waals surface area contributed by atoms with Crippen molar-refractivity contribution in [2.45, 2.75) is 20.0 Å². The summed E-state index contributed by atoms with van der Waals surface area (Å²) >= 11 is 0. The molecule has 8 heteroatoms. The lowest BCUT2D eigenvalue weighted by Gasteiger charge is -2.35. The molecule has 0 amide bonds. The number of aromatic nitrogens is 4. The third-order valence-corrected chi connectivity index (χ3v) is 4.58. The van der Waals surface area contributed by atoms with Crippen molar-refractivity contribution in [1.82, 2.24) is 20.2 Å². The minimum Gasteiger partial charge on any atom is -0.376 e. The number of nitrogens with zero attached hydrogens (tertiary/aromatic N) is 6. The molecule has 2 aliphatic heterocycles. The smallest absolute Gasteiger partial charge is 0.227 e. The first-order valence-corrected chi connectivity index (χ1v) is 8.83. The van der Waals surface area contributed by atoms with E-state index in [9.17, 15) is 0 Å². The first-order chi connectivity index (χ1) is 12.3. The molecule has 0 aliphatic carbocycles. The molecule has 4 rings (SSSR count). The lowest BCUT2D eigenvalue weighted by molar-refractivity contribution is 0.109. The molecule has 0 aromatic carbocycles. The van der Waals surface area contributed by atoms with Crippen LogP contribution < -0.4 is 15.1 Å². The fraction of sp³-hybridized carbons (Fsp3) is 0.529. The Morgan fingerprint density at radius 1 is 1.16 bits per heavy atom. The number of hydrogen-bond donors (Lipinski definition) is 1. The third kappa shape index (κ3) is 3.48. The van der Waals surface area contributed by atoms with Crippen molar-refractivity contribution < 1.29 is 4.74 Å². The fourth-order valence-electron chi connectivity index (χ4n) is 3.20. The summed E-state index contributed by atoms with van der Waals surface area (Å²) in [5.41, 5.74) is 2.24. The monoisotopic (exact) mass is 341 g/mol. The maximum Gasteiger partial charge on any atom is 0.227 e. The average Bonchev–Trinajstić information content (AvgIpc) is 2.68. The second-order valence-corrected chi connectivity index (χ2v) is 6.22. The van der Waals surface area contributed by atoms with Gasteiger partial charge in [0.1, 0.15) is 5.82 Å². The Kier molecular flexibility index (Phi) is 4.60. The quantitative estimate of drug-likeness (QED) is 0.886. The average molecular weight is 341 g/mol. The van der Waals surface area contributed by atoms with Crippen LogP contribution in [0.5, 0.6) is 0 Å². The van der Waals surface area contributed by atoms with Crippen molar-refractivity contribution in [2.24, 2.45) is 0 Å². The summed E-state index contributed by atoms with van der Waals surface area (Å²) in [6.45, 7) is 7.78. The zero-order valence-corrected chi connectivity index (χ0v) is 14.5. The van der Waals surface area contributed by atoms with Crippen molar-refractivity contribution in [3.05, 3.63) is 29.6 Å². The van der Waals surface area contributed by atoms with Gasteiger partial charge in [-0.1, -0.05) is 0 Å². The maximum absolute atomic E-state index is 5.53. The van der Waals surface area contributed by atoms with Gasteiger partial charge in [-0.2, -0.15) is 10.1 Å². The molecule has 0 radical (unpaired) electrons. The van der Waals surface area contributed by atoms with Crippen LogP contribution in [-0.2, 0) is 17.8 Å². The van der Waals surface area contributed by atoms with Gasteiger partial charge in [0.15, 0.2) is 5.82 Å². The maximum atomic E-state index is 5.53. The summed E-state index contributed by atoms with van der Waals surface area (Å²) in [4.78, 5) is 13.5. The second-order valence-electron chi connectivity index (χ2n) is 6.22. The van der Waals surface area contributed by atoms with Gasteiger partial charge in [-0.05, 0) is 19.1 Å². The molecular weight excluding hydrogens is 318 g/mol. The highest BCUT2D eigenvalue weighted by Crippen LogP contribution is 2.21. The molecule has 0 bridgehead atoms. The topological polar surface area (TPSA) is 79.3 Å². The highest BCUT2D eigenvalue weighted by atomic mass is 16.5. The Labute approximate surface area is 147 Å². The van der Waals surface area contributed by atoms with E-state index in [1.54, 1.807) is 0 Å².